The van der Waals surface area contributed by atoms with Crippen LogP contribution in [0, 0.1) is 5.82 Å². The van der Waals surface area contributed by atoms with Gasteiger partial charge in [0, 0.05) is 18.6 Å². The van der Waals surface area contributed by atoms with Crippen molar-refractivity contribution in [3.8, 4) is 0 Å². The molecule has 2 aromatic rings. The Morgan fingerprint density at radius 1 is 1.05 bits per heavy atom. The number of likely N-dealkylation sites (N-methyl/N-ethyl adjacent to an activating group) is 1. The van der Waals surface area contributed by atoms with E-state index in [1.807, 2.05) is 25.2 Å². The van der Waals surface area contributed by atoms with Gasteiger partial charge in [0.15, 0.2) is 0 Å². The molecule has 5 heteroatoms. The summed E-state index contributed by atoms with van der Waals surface area (Å²) >= 11 is 0. The van der Waals surface area contributed by atoms with E-state index in [1.54, 1.807) is 6.07 Å². The highest BCUT2D eigenvalue weighted by Crippen LogP contribution is 2.06. The van der Waals surface area contributed by atoms with E-state index >= 15 is 0 Å². The molecule has 0 bridgehead atoms. The molecule has 0 spiro atoms. The summed E-state index contributed by atoms with van der Waals surface area (Å²) in [5, 5.41) is 18.2. The van der Waals surface area contributed by atoms with Gasteiger partial charge in [-0.15, -0.1) is 0 Å². The zero-order valence-corrected chi connectivity index (χ0v) is 12.0. The largest absolute Gasteiger partial charge is 0.491 e. The number of benzene rings is 2. The molecule has 2 N–H and O–H groups in total. The Labute approximate surface area is 124 Å². The van der Waals surface area contributed by atoms with Crippen LogP contribution < -0.4 is 5.46 Å². The summed E-state index contributed by atoms with van der Waals surface area (Å²) in [7, 11) is 0.209. The Bertz CT molecular complexity index is 578. The summed E-state index contributed by atoms with van der Waals surface area (Å²) in [6.07, 6.45) is 0.939. The minimum absolute atomic E-state index is 0.0797. The third-order valence-electron chi connectivity index (χ3n) is 3.42. The summed E-state index contributed by atoms with van der Waals surface area (Å²) < 4.78 is 13.4. The van der Waals surface area contributed by atoms with Crippen molar-refractivity contribution >= 4 is 12.6 Å². The van der Waals surface area contributed by atoms with Crippen LogP contribution in [0.25, 0.3) is 0 Å². The van der Waals surface area contributed by atoms with Gasteiger partial charge in [0.05, 0.1) is 0 Å². The fourth-order valence-corrected chi connectivity index (χ4v) is 2.24. The van der Waals surface area contributed by atoms with Crippen molar-refractivity contribution < 1.29 is 14.4 Å². The Morgan fingerprint density at radius 3 is 2.43 bits per heavy atom. The van der Waals surface area contributed by atoms with Gasteiger partial charge in [-0.1, -0.05) is 42.5 Å². The lowest BCUT2D eigenvalue weighted by Gasteiger charge is -2.17. The maximum atomic E-state index is 13.4. The van der Waals surface area contributed by atoms with Crippen molar-refractivity contribution in [2.75, 3.05) is 13.6 Å². The topological polar surface area (TPSA) is 43.7 Å². The summed E-state index contributed by atoms with van der Waals surface area (Å²) in [4.78, 5) is 2.12. The van der Waals surface area contributed by atoms with Gasteiger partial charge in [-0.25, -0.2) is 4.39 Å². The Morgan fingerprint density at radius 2 is 1.76 bits per heavy atom. The lowest BCUT2D eigenvalue weighted by Crippen LogP contribution is -2.33. The van der Waals surface area contributed by atoms with Crippen molar-refractivity contribution in [3.05, 3.63) is 65.5 Å². The number of nitrogens with zero attached hydrogens (tertiary/aromatic N) is 1. The summed E-state index contributed by atoms with van der Waals surface area (Å²) in [6.45, 7) is 1.51. The molecule has 0 heterocycles. The molecule has 2 aromatic carbocycles. The number of halogens is 1. The maximum Gasteiger partial charge on any atom is 0.491 e. The van der Waals surface area contributed by atoms with Gasteiger partial charge in [0.25, 0.3) is 0 Å². The molecule has 0 aromatic heterocycles. The van der Waals surface area contributed by atoms with E-state index in [0.717, 1.165) is 18.5 Å². The molecule has 110 valence electrons. The van der Waals surface area contributed by atoms with Gasteiger partial charge in [-0.2, -0.15) is 0 Å². The van der Waals surface area contributed by atoms with Crippen LogP contribution >= 0.6 is 0 Å². The Kier molecular flexibility index (Phi) is 5.50. The van der Waals surface area contributed by atoms with Crippen LogP contribution in [0.15, 0.2) is 48.5 Å². The number of hydrogen-bond acceptors (Lipinski definition) is 3. The van der Waals surface area contributed by atoms with E-state index in [9.17, 15) is 4.39 Å². The first-order valence-electron chi connectivity index (χ1n) is 6.93. The number of rotatable bonds is 6. The average molecular weight is 287 g/mol. The lowest BCUT2D eigenvalue weighted by molar-refractivity contribution is 0.331. The van der Waals surface area contributed by atoms with Crippen LogP contribution in [0.3, 0.4) is 0 Å². The van der Waals surface area contributed by atoms with Crippen LogP contribution in [0.1, 0.15) is 11.1 Å². The lowest BCUT2D eigenvalue weighted by atomic mass is 9.79. The standard InChI is InChI=1S/C16H19BFNO2/c1-19(10-9-13-5-3-2-4-6-13)12-14-7-8-16(18)15(11-14)17(20)21/h2-8,11,20-21H,9-10,12H2,1H3. The monoisotopic (exact) mass is 287 g/mol. The summed E-state index contributed by atoms with van der Waals surface area (Å²) in [5.74, 6) is -0.597. The number of hydrogen-bond donors (Lipinski definition) is 2. The van der Waals surface area contributed by atoms with E-state index in [0.29, 0.717) is 6.54 Å². The van der Waals surface area contributed by atoms with Gasteiger partial charge in [0.1, 0.15) is 5.82 Å². The van der Waals surface area contributed by atoms with Gasteiger partial charge in [0.2, 0.25) is 0 Å². The van der Waals surface area contributed by atoms with Gasteiger partial charge < -0.3 is 14.9 Å². The smallest absolute Gasteiger partial charge is 0.423 e. The first kappa shape index (κ1) is 15.7. The van der Waals surface area contributed by atoms with Crippen molar-refractivity contribution in [2.24, 2.45) is 0 Å². The maximum absolute atomic E-state index is 13.4. The zero-order valence-electron chi connectivity index (χ0n) is 12.0. The Hall–Kier alpha value is -1.69. The Balaban J connectivity index is 1.93. The molecule has 0 fully saturated rings. The van der Waals surface area contributed by atoms with Crippen LogP contribution in [0.5, 0.6) is 0 Å². The highest BCUT2D eigenvalue weighted by atomic mass is 19.1. The molecule has 0 unspecified atom stereocenters. The first-order chi connectivity index (χ1) is 10.1. The molecule has 0 saturated carbocycles. The quantitative estimate of drug-likeness (QED) is 0.784. The highest BCUT2D eigenvalue weighted by molar-refractivity contribution is 6.58. The molecular formula is C16H19BFNO2. The highest BCUT2D eigenvalue weighted by Gasteiger charge is 2.17. The average Bonchev–Trinajstić information content (AvgIpc) is 2.48. The van der Waals surface area contributed by atoms with E-state index < -0.39 is 12.9 Å². The molecule has 0 saturated heterocycles. The van der Waals surface area contributed by atoms with Crippen LogP contribution in [-0.4, -0.2) is 35.7 Å². The van der Waals surface area contributed by atoms with Crippen LogP contribution in [0.4, 0.5) is 4.39 Å². The second-order valence-electron chi connectivity index (χ2n) is 5.20. The molecule has 21 heavy (non-hydrogen) atoms. The zero-order chi connectivity index (χ0) is 15.2. The fraction of sp³-hybridized carbons (Fsp3) is 0.250. The molecule has 0 radical (unpaired) electrons. The molecule has 0 amide bonds. The molecule has 0 atom stereocenters. The minimum atomic E-state index is -1.78. The van der Waals surface area contributed by atoms with E-state index in [-0.39, 0.29) is 5.46 Å². The van der Waals surface area contributed by atoms with E-state index in [1.165, 1.54) is 17.7 Å². The van der Waals surface area contributed by atoms with E-state index in [4.69, 9.17) is 10.0 Å². The van der Waals surface area contributed by atoms with Crippen molar-refractivity contribution in [1.29, 1.82) is 0 Å². The fourth-order valence-electron chi connectivity index (χ4n) is 2.24. The minimum Gasteiger partial charge on any atom is -0.423 e. The van der Waals surface area contributed by atoms with Crippen molar-refractivity contribution in [2.45, 2.75) is 13.0 Å². The van der Waals surface area contributed by atoms with Gasteiger partial charge in [-0.05, 0) is 30.7 Å². The second kappa shape index (κ2) is 7.36. The normalized spacial score (nSPS) is 10.9. The van der Waals surface area contributed by atoms with Crippen LogP contribution in [0.2, 0.25) is 0 Å². The predicted molar refractivity (Wildman–Crippen MR) is 82.7 cm³/mol. The molecular weight excluding hydrogens is 268 g/mol. The van der Waals surface area contributed by atoms with Crippen molar-refractivity contribution in [1.82, 2.24) is 4.90 Å². The van der Waals surface area contributed by atoms with Crippen molar-refractivity contribution in [3.63, 3.8) is 0 Å². The SMILES string of the molecule is CN(CCc1ccccc1)Cc1ccc(F)c(B(O)O)c1. The summed E-state index contributed by atoms with van der Waals surface area (Å²) in [5.41, 5.74) is 2.05. The second-order valence-corrected chi connectivity index (χ2v) is 5.20. The molecule has 3 nitrogen and oxygen atoms in total. The third kappa shape index (κ3) is 4.67. The summed E-state index contributed by atoms with van der Waals surface area (Å²) in [6, 6.07) is 14.6. The van der Waals surface area contributed by atoms with Gasteiger partial charge in [-0.3, -0.25) is 0 Å². The van der Waals surface area contributed by atoms with E-state index in [2.05, 4.69) is 17.0 Å². The molecule has 2 rings (SSSR count). The van der Waals surface area contributed by atoms with Crippen LogP contribution in [-0.2, 0) is 13.0 Å². The first-order valence-corrected chi connectivity index (χ1v) is 6.93. The molecule has 0 aliphatic carbocycles. The predicted octanol–water partition coefficient (Wildman–Crippen LogP) is 1.18. The molecule has 0 aliphatic rings. The molecule has 0 aliphatic heterocycles. The third-order valence-corrected chi connectivity index (χ3v) is 3.42. The van der Waals surface area contributed by atoms with Gasteiger partial charge >= 0.3 is 7.12 Å².